The number of rotatable bonds is 2. The molecule has 80 valence electrons. The monoisotopic (exact) mass is 214 g/mol. The van der Waals surface area contributed by atoms with Crippen LogP contribution in [0.4, 0.5) is 5.69 Å². The summed E-state index contributed by atoms with van der Waals surface area (Å²) < 4.78 is 0. The lowest BCUT2D eigenvalue weighted by atomic mass is 10.2. The molecule has 1 aromatic carbocycles. The molecule has 1 aliphatic heterocycles. The van der Waals surface area contributed by atoms with Crippen molar-refractivity contribution in [2.75, 3.05) is 5.32 Å². The smallest absolute Gasteiger partial charge is 0.248 e. The molecule has 0 bridgehead atoms. The number of nitrogens with zero attached hydrogens (tertiary/aromatic N) is 1. The van der Waals surface area contributed by atoms with Crippen LogP contribution in [0.15, 0.2) is 36.5 Å². The Kier molecular flexibility index (Phi) is 2.74. The van der Waals surface area contributed by atoms with Crippen molar-refractivity contribution in [1.82, 2.24) is 10.6 Å². The fourth-order valence-corrected chi connectivity index (χ4v) is 1.34. The van der Waals surface area contributed by atoms with Gasteiger partial charge in [-0.05, 0) is 24.3 Å². The van der Waals surface area contributed by atoms with Crippen LogP contribution in [0.2, 0.25) is 0 Å². The molecule has 5 heteroatoms. The lowest BCUT2D eigenvalue weighted by molar-refractivity contribution is -0.117. The first-order valence-electron chi connectivity index (χ1n) is 4.78. The lowest BCUT2D eigenvalue weighted by Crippen LogP contribution is -2.50. The minimum atomic E-state index is -0.328. The molecule has 3 N–H and O–H groups in total. The molecule has 1 aromatic rings. The van der Waals surface area contributed by atoms with Crippen LogP contribution in [0, 0.1) is 11.3 Å². The average molecular weight is 214 g/mol. The first-order chi connectivity index (χ1) is 7.78. The Morgan fingerprint density at radius 2 is 2.06 bits per heavy atom. The van der Waals surface area contributed by atoms with Crippen LogP contribution >= 0.6 is 0 Å². The summed E-state index contributed by atoms with van der Waals surface area (Å²) in [5, 5.41) is 17.3. The molecule has 0 radical (unpaired) electrons. The number of carbonyl (C=O) groups excluding carboxylic acids is 1. The highest BCUT2D eigenvalue weighted by molar-refractivity contribution is 5.88. The SMILES string of the molecule is N#Cc1ccc(NC2NC=CC(=O)N2)cc1. The maximum atomic E-state index is 11.0. The van der Waals surface area contributed by atoms with Crippen molar-refractivity contribution in [2.45, 2.75) is 6.29 Å². The normalized spacial score (nSPS) is 18.2. The van der Waals surface area contributed by atoms with Crippen LogP contribution in [0.25, 0.3) is 0 Å². The maximum Gasteiger partial charge on any atom is 0.248 e. The molecule has 1 aliphatic rings. The molecule has 0 fully saturated rings. The van der Waals surface area contributed by atoms with Gasteiger partial charge in [-0.3, -0.25) is 4.79 Å². The Hall–Kier alpha value is -2.48. The van der Waals surface area contributed by atoms with Gasteiger partial charge in [0.2, 0.25) is 5.91 Å². The molecule has 1 unspecified atom stereocenters. The van der Waals surface area contributed by atoms with Crippen LogP contribution in [-0.2, 0) is 4.79 Å². The average Bonchev–Trinajstić information content (AvgIpc) is 2.30. The van der Waals surface area contributed by atoms with Gasteiger partial charge in [-0.1, -0.05) is 0 Å². The van der Waals surface area contributed by atoms with Crippen molar-refractivity contribution >= 4 is 11.6 Å². The number of hydrogen-bond acceptors (Lipinski definition) is 4. The fraction of sp³-hybridized carbons (Fsp3) is 0.0909. The molecule has 0 saturated carbocycles. The topological polar surface area (TPSA) is 77.0 Å². The third kappa shape index (κ3) is 2.30. The van der Waals surface area contributed by atoms with E-state index in [0.29, 0.717) is 5.56 Å². The minimum Gasteiger partial charge on any atom is -0.355 e. The summed E-state index contributed by atoms with van der Waals surface area (Å²) in [5.74, 6) is -0.148. The zero-order valence-corrected chi connectivity index (χ0v) is 8.40. The molecule has 16 heavy (non-hydrogen) atoms. The molecule has 2 rings (SSSR count). The van der Waals surface area contributed by atoms with E-state index in [2.05, 4.69) is 16.0 Å². The van der Waals surface area contributed by atoms with Crippen LogP contribution in [0.5, 0.6) is 0 Å². The zero-order chi connectivity index (χ0) is 11.4. The second-order valence-corrected chi connectivity index (χ2v) is 3.28. The van der Waals surface area contributed by atoms with E-state index in [0.717, 1.165) is 5.69 Å². The summed E-state index contributed by atoms with van der Waals surface area (Å²) in [6.45, 7) is 0. The molecule has 1 amide bonds. The van der Waals surface area contributed by atoms with Crippen LogP contribution < -0.4 is 16.0 Å². The van der Waals surface area contributed by atoms with Crippen molar-refractivity contribution in [3.05, 3.63) is 42.1 Å². The van der Waals surface area contributed by atoms with Gasteiger partial charge in [0.25, 0.3) is 0 Å². The molecule has 0 spiro atoms. The van der Waals surface area contributed by atoms with Crippen molar-refractivity contribution in [1.29, 1.82) is 5.26 Å². The zero-order valence-electron chi connectivity index (χ0n) is 8.40. The predicted octanol–water partition coefficient (Wildman–Crippen LogP) is 0.487. The third-order valence-electron chi connectivity index (χ3n) is 2.11. The highest BCUT2D eigenvalue weighted by Crippen LogP contribution is 2.09. The largest absolute Gasteiger partial charge is 0.355 e. The van der Waals surface area contributed by atoms with Gasteiger partial charge >= 0.3 is 0 Å². The number of amides is 1. The third-order valence-corrected chi connectivity index (χ3v) is 2.11. The summed E-state index contributed by atoms with van der Waals surface area (Å²) in [4.78, 5) is 11.0. The molecule has 0 aromatic heterocycles. The van der Waals surface area contributed by atoms with E-state index in [4.69, 9.17) is 5.26 Å². The molecule has 0 saturated heterocycles. The van der Waals surface area contributed by atoms with Gasteiger partial charge in [0, 0.05) is 18.0 Å². The second-order valence-electron chi connectivity index (χ2n) is 3.28. The fourth-order valence-electron chi connectivity index (χ4n) is 1.34. The highest BCUT2D eigenvalue weighted by Gasteiger charge is 2.11. The number of anilines is 1. The molecule has 5 nitrogen and oxygen atoms in total. The summed E-state index contributed by atoms with van der Waals surface area (Å²) in [7, 11) is 0. The maximum absolute atomic E-state index is 11.0. The van der Waals surface area contributed by atoms with Crippen LogP contribution in [0.1, 0.15) is 5.56 Å². The molecular formula is C11H10N4O. The Labute approximate surface area is 92.8 Å². The number of carbonyl (C=O) groups is 1. The van der Waals surface area contributed by atoms with Crippen molar-refractivity contribution in [3.8, 4) is 6.07 Å². The van der Waals surface area contributed by atoms with E-state index in [1.165, 1.54) is 6.08 Å². The van der Waals surface area contributed by atoms with Gasteiger partial charge in [-0.25, -0.2) is 0 Å². The van der Waals surface area contributed by atoms with Gasteiger partial charge in [0.1, 0.15) is 0 Å². The number of nitrogens with one attached hydrogen (secondary N) is 3. The first-order valence-corrected chi connectivity index (χ1v) is 4.78. The van der Waals surface area contributed by atoms with E-state index in [-0.39, 0.29) is 12.2 Å². The predicted molar refractivity (Wildman–Crippen MR) is 59.0 cm³/mol. The Morgan fingerprint density at radius 1 is 1.31 bits per heavy atom. The van der Waals surface area contributed by atoms with Gasteiger partial charge < -0.3 is 16.0 Å². The van der Waals surface area contributed by atoms with Crippen LogP contribution in [0.3, 0.4) is 0 Å². The number of hydrogen-bond donors (Lipinski definition) is 3. The summed E-state index contributed by atoms with van der Waals surface area (Å²) >= 11 is 0. The lowest BCUT2D eigenvalue weighted by Gasteiger charge is -2.23. The van der Waals surface area contributed by atoms with Crippen molar-refractivity contribution < 1.29 is 4.79 Å². The van der Waals surface area contributed by atoms with Gasteiger partial charge in [0.15, 0.2) is 6.29 Å². The van der Waals surface area contributed by atoms with Gasteiger partial charge in [0.05, 0.1) is 11.6 Å². The summed E-state index contributed by atoms with van der Waals surface area (Å²) in [5.41, 5.74) is 1.43. The minimum absolute atomic E-state index is 0.148. The molecule has 1 heterocycles. The molecule has 1 atom stereocenters. The van der Waals surface area contributed by atoms with E-state index in [1.54, 1.807) is 30.5 Å². The van der Waals surface area contributed by atoms with Gasteiger partial charge in [-0.15, -0.1) is 0 Å². The Bertz CT molecular complexity index is 458. The van der Waals surface area contributed by atoms with E-state index >= 15 is 0 Å². The number of benzene rings is 1. The Morgan fingerprint density at radius 3 is 2.69 bits per heavy atom. The Balaban J connectivity index is 2.01. The van der Waals surface area contributed by atoms with Crippen LogP contribution in [-0.4, -0.2) is 12.2 Å². The second kappa shape index (κ2) is 4.36. The summed E-state index contributed by atoms with van der Waals surface area (Å²) in [6.07, 6.45) is 2.67. The first kappa shape index (κ1) is 10.1. The van der Waals surface area contributed by atoms with E-state index < -0.39 is 0 Å². The standard InChI is InChI=1S/C11H10N4O/c12-7-8-1-3-9(4-2-8)14-11-13-6-5-10(16)15-11/h1-6,11,13-14H,(H,15,16). The van der Waals surface area contributed by atoms with Crippen molar-refractivity contribution in [3.63, 3.8) is 0 Å². The molecule has 0 aliphatic carbocycles. The molecular weight excluding hydrogens is 204 g/mol. The van der Waals surface area contributed by atoms with E-state index in [1.807, 2.05) is 6.07 Å². The number of nitriles is 1. The summed E-state index contributed by atoms with van der Waals surface area (Å²) in [6, 6.07) is 9.03. The quantitative estimate of drug-likeness (QED) is 0.669. The van der Waals surface area contributed by atoms with Gasteiger partial charge in [-0.2, -0.15) is 5.26 Å². The van der Waals surface area contributed by atoms with E-state index in [9.17, 15) is 4.79 Å². The van der Waals surface area contributed by atoms with Crippen molar-refractivity contribution in [2.24, 2.45) is 0 Å². The highest BCUT2D eigenvalue weighted by atomic mass is 16.1.